The van der Waals surface area contributed by atoms with Crippen LogP contribution < -0.4 is 0 Å². The molecule has 0 aromatic carbocycles. The van der Waals surface area contributed by atoms with E-state index >= 15 is 0 Å². The minimum absolute atomic E-state index is 0.236. The van der Waals surface area contributed by atoms with Crippen LogP contribution in [0.2, 0.25) is 0 Å². The van der Waals surface area contributed by atoms with Gasteiger partial charge in [0.25, 0.3) is 0 Å². The van der Waals surface area contributed by atoms with E-state index in [1.54, 1.807) is 0 Å². The SMILES string of the molecule is CCC(O)(Cc1c(Br)c(C)nn1C)C(C)C. The molecule has 0 bridgehead atoms. The van der Waals surface area contributed by atoms with Crippen molar-refractivity contribution < 1.29 is 5.11 Å². The fourth-order valence-electron chi connectivity index (χ4n) is 1.90. The van der Waals surface area contributed by atoms with E-state index in [2.05, 4.69) is 34.9 Å². The highest BCUT2D eigenvalue weighted by Crippen LogP contribution is 2.30. The molecule has 0 saturated carbocycles. The highest BCUT2D eigenvalue weighted by molar-refractivity contribution is 9.10. The summed E-state index contributed by atoms with van der Waals surface area (Å²) in [5.74, 6) is 0.236. The van der Waals surface area contributed by atoms with Crippen molar-refractivity contribution in [2.24, 2.45) is 13.0 Å². The minimum atomic E-state index is -0.650. The summed E-state index contributed by atoms with van der Waals surface area (Å²) in [6, 6.07) is 0. The van der Waals surface area contributed by atoms with Crippen LogP contribution in [0.1, 0.15) is 38.6 Å². The average Bonchev–Trinajstić information content (AvgIpc) is 2.44. The molecule has 1 atom stereocenters. The van der Waals surface area contributed by atoms with Crippen molar-refractivity contribution >= 4 is 15.9 Å². The molecule has 16 heavy (non-hydrogen) atoms. The summed E-state index contributed by atoms with van der Waals surface area (Å²) < 4.78 is 2.87. The standard InChI is InChI=1S/C12H21BrN2O/c1-6-12(16,8(2)3)7-10-11(13)9(4)14-15(10)5/h8,16H,6-7H2,1-5H3. The summed E-state index contributed by atoms with van der Waals surface area (Å²) in [6.45, 7) is 8.10. The van der Waals surface area contributed by atoms with Gasteiger partial charge in [-0.3, -0.25) is 4.68 Å². The Morgan fingerprint density at radius 3 is 2.38 bits per heavy atom. The molecule has 0 aliphatic heterocycles. The van der Waals surface area contributed by atoms with Gasteiger partial charge in [-0.2, -0.15) is 5.10 Å². The number of aliphatic hydroxyl groups is 1. The van der Waals surface area contributed by atoms with Gasteiger partial charge in [-0.1, -0.05) is 20.8 Å². The molecule has 0 radical (unpaired) electrons. The number of halogens is 1. The Balaban J connectivity index is 3.03. The van der Waals surface area contributed by atoms with Crippen LogP contribution >= 0.6 is 15.9 Å². The summed E-state index contributed by atoms with van der Waals surface area (Å²) in [5, 5.41) is 14.9. The number of hydrogen-bond donors (Lipinski definition) is 1. The number of hydrogen-bond acceptors (Lipinski definition) is 2. The maximum atomic E-state index is 10.5. The Labute approximate surface area is 106 Å². The molecule has 0 fully saturated rings. The van der Waals surface area contributed by atoms with Gasteiger partial charge in [0, 0.05) is 13.5 Å². The molecular formula is C12H21BrN2O. The van der Waals surface area contributed by atoms with Gasteiger partial charge in [-0.25, -0.2) is 0 Å². The van der Waals surface area contributed by atoms with Crippen LogP contribution in [0.3, 0.4) is 0 Å². The molecule has 0 aliphatic carbocycles. The molecule has 4 heteroatoms. The molecule has 1 aromatic heterocycles. The topological polar surface area (TPSA) is 38.1 Å². The fraction of sp³-hybridized carbons (Fsp3) is 0.750. The smallest absolute Gasteiger partial charge is 0.0738 e. The lowest BCUT2D eigenvalue weighted by molar-refractivity contribution is -0.00996. The molecule has 3 nitrogen and oxygen atoms in total. The molecule has 1 rings (SSSR count). The second-order valence-electron chi connectivity index (χ2n) is 4.76. The van der Waals surface area contributed by atoms with Crippen molar-refractivity contribution in [1.82, 2.24) is 9.78 Å². The predicted octanol–water partition coefficient (Wildman–Crippen LogP) is 2.83. The van der Waals surface area contributed by atoms with E-state index in [0.29, 0.717) is 6.42 Å². The first-order valence-electron chi connectivity index (χ1n) is 5.72. The number of rotatable bonds is 4. The molecule has 0 saturated heterocycles. The van der Waals surface area contributed by atoms with Crippen LogP contribution in [-0.4, -0.2) is 20.5 Å². The van der Waals surface area contributed by atoms with Crippen molar-refractivity contribution in [3.8, 4) is 0 Å². The summed E-state index contributed by atoms with van der Waals surface area (Å²) in [7, 11) is 1.92. The molecule has 0 aliphatic rings. The summed E-state index contributed by atoms with van der Waals surface area (Å²) in [5.41, 5.74) is 1.39. The lowest BCUT2D eigenvalue weighted by Crippen LogP contribution is -2.37. The first kappa shape index (κ1) is 13.7. The third-order valence-corrected chi connectivity index (χ3v) is 4.45. The van der Waals surface area contributed by atoms with Gasteiger partial charge in [-0.05, 0) is 35.2 Å². The largest absolute Gasteiger partial charge is 0.389 e. The normalized spacial score (nSPS) is 15.5. The molecule has 1 N–H and O–H groups in total. The molecule has 1 aromatic rings. The van der Waals surface area contributed by atoms with Gasteiger partial charge in [-0.15, -0.1) is 0 Å². The van der Waals surface area contributed by atoms with Crippen LogP contribution in [0.4, 0.5) is 0 Å². The minimum Gasteiger partial charge on any atom is -0.389 e. The second-order valence-corrected chi connectivity index (χ2v) is 5.55. The molecule has 0 amide bonds. The van der Waals surface area contributed by atoms with Gasteiger partial charge < -0.3 is 5.11 Å². The van der Waals surface area contributed by atoms with E-state index in [4.69, 9.17) is 0 Å². The first-order valence-corrected chi connectivity index (χ1v) is 6.51. The van der Waals surface area contributed by atoms with Gasteiger partial charge in [0.1, 0.15) is 0 Å². The lowest BCUT2D eigenvalue weighted by Gasteiger charge is -2.31. The zero-order valence-electron chi connectivity index (χ0n) is 10.7. The van der Waals surface area contributed by atoms with Crippen LogP contribution in [0.5, 0.6) is 0 Å². The Morgan fingerprint density at radius 2 is 2.06 bits per heavy atom. The van der Waals surface area contributed by atoms with Crippen molar-refractivity contribution in [1.29, 1.82) is 0 Å². The van der Waals surface area contributed by atoms with Gasteiger partial charge in [0.2, 0.25) is 0 Å². The lowest BCUT2D eigenvalue weighted by atomic mass is 9.83. The van der Waals surface area contributed by atoms with E-state index in [0.717, 1.165) is 22.3 Å². The van der Waals surface area contributed by atoms with E-state index in [1.807, 2.05) is 25.6 Å². The predicted molar refractivity (Wildman–Crippen MR) is 69.4 cm³/mol. The van der Waals surface area contributed by atoms with Crippen molar-refractivity contribution in [3.05, 3.63) is 15.9 Å². The van der Waals surface area contributed by atoms with Gasteiger partial charge >= 0.3 is 0 Å². The van der Waals surface area contributed by atoms with Crippen LogP contribution in [-0.2, 0) is 13.5 Å². The van der Waals surface area contributed by atoms with Crippen molar-refractivity contribution in [2.45, 2.75) is 46.1 Å². The molecule has 0 spiro atoms. The third-order valence-electron chi connectivity index (χ3n) is 3.42. The van der Waals surface area contributed by atoms with Crippen molar-refractivity contribution in [3.63, 3.8) is 0 Å². The number of aromatic nitrogens is 2. The maximum Gasteiger partial charge on any atom is 0.0738 e. The fourth-order valence-corrected chi connectivity index (χ4v) is 2.38. The Morgan fingerprint density at radius 1 is 1.50 bits per heavy atom. The van der Waals surface area contributed by atoms with E-state index in [1.165, 1.54) is 0 Å². The van der Waals surface area contributed by atoms with E-state index < -0.39 is 5.60 Å². The van der Waals surface area contributed by atoms with E-state index in [-0.39, 0.29) is 5.92 Å². The monoisotopic (exact) mass is 288 g/mol. The molecule has 1 unspecified atom stereocenters. The number of aryl methyl sites for hydroxylation is 2. The van der Waals surface area contributed by atoms with Crippen molar-refractivity contribution in [2.75, 3.05) is 0 Å². The Bertz CT molecular complexity index is 373. The highest BCUT2D eigenvalue weighted by atomic mass is 79.9. The van der Waals surface area contributed by atoms with Gasteiger partial charge in [0.05, 0.1) is 21.5 Å². The summed E-state index contributed by atoms with van der Waals surface area (Å²) >= 11 is 3.54. The van der Waals surface area contributed by atoms with E-state index in [9.17, 15) is 5.11 Å². The van der Waals surface area contributed by atoms with Gasteiger partial charge in [0.15, 0.2) is 0 Å². The quantitative estimate of drug-likeness (QED) is 0.925. The average molecular weight is 289 g/mol. The summed E-state index contributed by atoms with van der Waals surface area (Å²) in [4.78, 5) is 0. The van der Waals surface area contributed by atoms with Crippen LogP contribution in [0, 0.1) is 12.8 Å². The third kappa shape index (κ3) is 2.48. The van der Waals surface area contributed by atoms with Crippen LogP contribution in [0.25, 0.3) is 0 Å². The zero-order valence-corrected chi connectivity index (χ0v) is 12.3. The highest BCUT2D eigenvalue weighted by Gasteiger charge is 2.31. The zero-order chi connectivity index (χ0) is 12.5. The Kier molecular flexibility index (Phi) is 4.18. The Hall–Kier alpha value is -0.350. The second kappa shape index (κ2) is 4.88. The first-order chi connectivity index (χ1) is 7.31. The molecule has 92 valence electrons. The molecular weight excluding hydrogens is 268 g/mol. The maximum absolute atomic E-state index is 10.5. The molecule has 1 heterocycles. The number of nitrogens with zero attached hydrogens (tertiary/aromatic N) is 2. The summed E-state index contributed by atoms with van der Waals surface area (Å²) in [6.07, 6.45) is 1.39. The van der Waals surface area contributed by atoms with Crippen LogP contribution in [0.15, 0.2) is 4.47 Å².